The van der Waals surface area contributed by atoms with Crippen LogP contribution in [-0.2, 0) is 4.74 Å². The molecule has 1 heterocycles. The number of ether oxygens (including phenoxy) is 1. The molecule has 0 N–H and O–H groups in total. The molecule has 1 fully saturated rings. The Hall–Kier alpha value is 1.18. The Morgan fingerprint density at radius 2 is 2.41 bits per heavy atom. The highest BCUT2D eigenvalue weighted by atomic mass is 127. The van der Waals surface area contributed by atoms with E-state index in [1.807, 2.05) is 0 Å². The summed E-state index contributed by atoms with van der Waals surface area (Å²) in [6.07, 6.45) is 4.48. The fraction of sp³-hybridized carbons (Fsp3) is 0.917. The summed E-state index contributed by atoms with van der Waals surface area (Å²) in [6.45, 7) is 4.98. The maximum Gasteiger partial charge on any atom is 0.0906 e. The van der Waals surface area contributed by atoms with Gasteiger partial charge in [0, 0.05) is 22.1 Å². The maximum atomic E-state index is 12.1. The lowest BCUT2D eigenvalue weighted by molar-refractivity contribution is 0.188. The van der Waals surface area contributed by atoms with Gasteiger partial charge in [-0.1, -0.05) is 50.2 Å². The van der Waals surface area contributed by atoms with Gasteiger partial charge in [0.1, 0.15) is 0 Å². The molecule has 5 heteroatoms. The van der Waals surface area contributed by atoms with Crippen LogP contribution in [0.25, 0.3) is 0 Å². The summed E-state index contributed by atoms with van der Waals surface area (Å²) in [5.41, 5.74) is 0. The summed E-state index contributed by atoms with van der Waals surface area (Å²) in [6, 6.07) is 0. The van der Waals surface area contributed by atoms with Gasteiger partial charge in [0.15, 0.2) is 0 Å². The average molecular weight is 469 g/mol. The SMILES string of the molecule is CCCC(O[C@H]1CCN(CCCF)C1)=ICI. The molecule has 2 nitrogen and oxygen atoms in total. The lowest BCUT2D eigenvalue weighted by Gasteiger charge is -2.16. The van der Waals surface area contributed by atoms with Crippen LogP contribution in [0.15, 0.2) is 0 Å². The van der Waals surface area contributed by atoms with Crippen molar-refractivity contribution < 1.29 is 9.13 Å². The predicted molar refractivity (Wildman–Crippen MR) is 89.3 cm³/mol. The molecule has 1 aliphatic heterocycles. The zero-order chi connectivity index (χ0) is 12.5. The van der Waals surface area contributed by atoms with Crippen LogP contribution in [0.3, 0.4) is 0 Å². The number of halogens is 3. The fourth-order valence-electron chi connectivity index (χ4n) is 1.97. The molecule has 0 radical (unpaired) electrons. The summed E-state index contributed by atoms with van der Waals surface area (Å²) >= 11 is 2.56. The lowest BCUT2D eigenvalue weighted by Crippen LogP contribution is -2.25. The van der Waals surface area contributed by atoms with Crippen LogP contribution in [0.2, 0.25) is 0 Å². The van der Waals surface area contributed by atoms with Crippen LogP contribution in [0, 0.1) is 0 Å². The van der Waals surface area contributed by atoms with Gasteiger partial charge in [-0.15, -0.1) is 0 Å². The molecule has 1 aliphatic rings. The Bertz CT molecular complexity index is 239. The second-order valence-corrected chi connectivity index (χ2v) is 10.6. The quantitative estimate of drug-likeness (QED) is 0.397. The Kier molecular flexibility index (Phi) is 9.57. The van der Waals surface area contributed by atoms with E-state index in [1.54, 1.807) is 0 Å². The van der Waals surface area contributed by atoms with E-state index >= 15 is 0 Å². The van der Waals surface area contributed by atoms with E-state index in [0.717, 1.165) is 32.5 Å². The van der Waals surface area contributed by atoms with Crippen LogP contribution >= 0.6 is 43.3 Å². The molecule has 0 unspecified atom stereocenters. The molecule has 102 valence electrons. The van der Waals surface area contributed by atoms with Crippen molar-refractivity contribution in [2.24, 2.45) is 0 Å². The molecule has 1 rings (SSSR count). The molecular formula is C12H22FI2NO. The third-order valence-corrected chi connectivity index (χ3v) is 6.64. The van der Waals surface area contributed by atoms with Crippen molar-refractivity contribution in [3.8, 4) is 0 Å². The summed E-state index contributed by atoms with van der Waals surface area (Å²) in [4.78, 5) is 2.33. The van der Waals surface area contributed by atoms with E-state index in [2.05, 4.69) is 34.4 Å². The average Bonchev–Trinajstić information content (AvgIpc) is 2.75. The molecule has 0 aromatic rings. The minimum absolute atomic E-state index is 0.114. The van der Waals surface area contributed by atoms with Crippen molar-refractivity contribution in [2.45, 2.75) is 38.7 Å². The highest BCUT2D eigenvalue weighted by Crippen LogP contribution is 2.18. The largest absolute Gasteiger partial charge is 0.340 e. The number of hydrogen-bond donors (Lipinski definition) is 0. The molecule has 0 aromatic carbocycles. The Morgan fingerprint density at radius 3 is 3.06 bits per heavy atom. The summed E-state index contributed by atoms with van der Waals surface area (Å²) in [5, 5.41) is 0. The smallest absolute Gasteiger partial charge is 0.0906 e. The molecule has 0 bridgehead atoms. The van der Waals surface area contributed by atoms with Gasteiger partial charge in [0.2, 0.25) is 0 Å². The maximum absolute atomic E-state index is 12.1. The monoisotopic (exact) mass is 469 g/mol. The topological polar surface area (TPSA) is 12.5 Å². The van der Waals surface area contributed by atoms with E-state index in [-0.39, 0.29) is 27.4 Å². The Morgan fingerprint density at radius 1 is 1.59 bits per heavy atom. The lowest BCUT2D eigenvalue weighted by atomic mass is 10.3. The Balaban J connectivity index is 2.30. The van der Waals surface area contributed by atoms with Gasteiger partial charge < -0.3 is 9.64 Å². The second-order valence-electron chi connectivity index (χ2n) is 4.21. The van der Waals surface area contributed by atoms with E-state index in [1.165, 1.54) is 12.5 Å². The van der Waals surface area contributed by atoms with Gasteiger partial charge in [-0.25, -0.2) is 0 Å². The summed E-state index contributed by atoms with van der Waals surface area (Å²) < 4.78 is 20.8. The summed E-state index contributed by atoms with van der Waals surface area (Å²) in [7, 11) is 0. The van der Waals surface area contributed by atoms with Crippen molar-refractivity contribution >= 4 is 47.0 Å². The molecule has 1 atom stereocenters. The first kappa shape index (κ1) is 16.2. The van der Waals surface area contributed by atoms with Gasteiger partial charge in [-0.05, 0) is 25.7 Å². The van der Waals surface area contributed by atoms with Crippen LogP contribution < -0.4 is 0 Å². The third-order valence-electron chi connectivity index (χ3n) is 2.78. The van der Waals surface area contributed by atoms with Crippen molar-refractivity contribution in [1.29, 1.82) is 0 Å². The van der Waals surface area contributed by atoms with Gasteiger partial charge in [0.05, 0.1) is 16.5 Å². The standard InChI is InChI=1S/C12H22FI2NO/c1-2-4-12(15-10-14)17-11-5-8-16(9-11)7-3-6-13/h11H,2-10H2,1H3/t11-/m0/s1. The molecule has 1 saturated heterocycles. The van der Waals surface area contributed by atoms with Gasteiger partial charge in [-0.2, -0.15) is 0 Å². The van der Waals surface area contributed by atoms with Crippen LogP contribution in [0.5, 0.6) is 0 Å². The van der Waals surface area contributed by atoms with Crippen molar-refractivity contribution in [2.75, 3.05) is 28.7 Å². The molecule has 0 aromatic heterocycles. The first-order valence-electron chi connectivity index (χ1n) is 6.26. The zero-order valence-electron chi connectivity index (χ0n) is 10.4. The highest BCUT2D eigenvalue weighted by Gasteiger charge is 2.23. The van der Waals surface area contributed by atoms with Gasteiger partial charge in [0.25, 0.3) is 0 Å². The van der Waals surface area contributed by atoms with Crippen LogP contribution in [-0.4, -0.2) is 43.4 Å². The number of rotatable bonds is 8. The van der Waals surface area contributed by atoms with Crippen LogP contribution in [0.4, 0.5) is 4.39 Å². The zero-order valence-corrected chi connectivity index (χ0v) is 14.7. The van der Waals surface area contributed by atoms with Crippen molar-refractivity contribution in [1.82, 2.24) is 4.90 Å². The molecule has 0 saturated carbocycles. The fourth-order valence-corrected chi connectivity index (χ4v) is 5.91. The molecular weight excluding hydrogens is 447 g/mol. The van der Waals surface area contributed by atoms with E-state index in [9.17, 15) is 4.39 Å². The van der Waals surface area contributed by atoms with Crippen molar-refractivity contribution in [3.05, 3.63) is 0 Å². The minimum Gasteiger partial charge on any atom is -0.340 e. The normalized spacial score (nSPS) is 22.8. The molecule has 17 heavy (non-hydrogen) atoms. The number of hydrogen-bond acceptors (Lipinski definition) is 2. The number of nitrogens with zero attached hydrogens (tertiary/aromatic N) is 1. The molecule has 0 amide bonds. The number of likely N-dealkylation sites (tertiary alicyclic amines) is 1. The molecule has 0 spiro atoms. The summed E-state index contributed by atoms with van der Waals surface area (Å²) in [5.74, 6) is 0. The number of alkyl halides is 3. The first-order chi connectivity index (χ1) is 8.30. The Labute approximate surface area is 128 Å². The third kappa shape index (κ3) is 6.77. The predicted octanol–water partition coefficient (Wildman–Crippen LogP) is 3.73. The first-order valence-corrected chi connectivity index (χ1v) is 10.4. The molecule has 0 aliphatic carbocycles. The van der Waals surface area contributed by atoms with E-state index in [4.69, 9.17) is 4.74 Å². The van der Waals surface area contributed by atoms with E-state index in [0.29, 0.717) is 12.5 Å². The minimum atomic E-state index is -0.199. The highest BCUT2D eigenvalue weighted by molar-refractivity contribution is 14.2. The second kappa shape index (κ2) is 10.0. The van der Waals surface area contributed by atoms with Crippen LogP contribution in [0.1, 0.15) is 32.6 Å². The van der Waals surface area contributed by atoms with E-state index < -0.39 is 0 Å². The van der Waals surface area contributed by atoms with Gasteiger partial charge in [-0.3, -0.25) is 4.39 Å². The van der Waals surface area contributed by atoms with Crippen molar-refractivity contribution in [3.63, 3.8) is 0 Å². The van der Waals surface area contributed by atoms with Gasteiger partial charge >= 0.3 is 0 Å².